The summed E-state index contributed by atoms with van der Waals surface area (Å²) in [6.07, 6.45) is 6.03. The van der Waals surface area contributed by atoms with Crippen molar-refractivity contribution < 1.29 is 19.5 Å². The summed E-state index contributed by atoms with van der Waals surface area (Å²) in [5.74, 6) is -1.51. The molecule has 1 atom stereocenters. The molecular formula is C12H18N2O4. The van der Waals surface area contributed by atoms with Crippen molar-refractivity contribution in [3.8, 4) is 0 Å². The number of hydrogen-bond acceptors (Lipinski definition) is 3. The highest BCUT2D eigenvalue weighted by Crippen LogP contribution is 2.27. The topological polar surface area (TPSA) is 95.5 Å². The van der Waals surface area contributed by atoms with Gasteiger partial charge in [-0.25, -0.2) is 9.59 Å². The lowest BCUT2D eigenvalue weighted by Crippen LogP contribution is -2.45. The van der Waals surface area contributed by atoms with Crippen molar-refractivity contribution in [2.45, 2.75) is 38.6 Å². The van der Waals surface area contributed by atoms with Crippen LogP contribution in [-0.4, -0.2) is 29.1 Å². The van der Waals surface area contributed by atoms with E-state index in [9.17, 15) is 14.4 Å². The van der Waals surface area contributed by atoms with Crippen LogP contribution in [0.5, 0.6) is 0 Å². The highest BCUT2D eigenvalue weighted by Gasteiger charge is 2.22. The molecule has 0 saturated heterocycles. The summed E-state index contributed by atoms with van der Waals surface area (Å²) in [4.78, 5) is 32.8. The Morgan fingerprint density at radius 3 is 2.39 bits per heavy atom. The second kappa shape index (κ2) is 6.78. The van der Waals surface area contributed by atoms with Gasteiger partial charge in [0.1, 0.15) is 0 Å². The number of aliphatic carboxylic acids is 1. The molecule has 0 aliphatic heterocycles. The first-order valence-corrected chi connectivity index (χ1v) is 6.01. The van der Waals surface area contributed by atoms with Gasteiger partial charge in [-0.05, 0) is 25.7 Å². The lowest BCUT2D eigenvalue weighted by molar-refractivity contribution is -0.131. The first-order chi connectivity index (χ1) is 8.49. The fourth-order valence-electron chi connectivity index (χ4n) is 2.12. The van der Waals surface area contributed by atoms with Crippen LogP contribution in [0.2, 0.25) is 0 Å². The number of nitrogens with one attached hydrogen (secondary N) is 2. The number of urea groups is 1. The van der Waals surface area contributed by atoms with Gasteiger partial charge in [-0.3, -0.25) is 10.1 Å². The van der Waals surface area contributed by atoms with Crippen molar-refractivity contribution in [2.24, 2.45) is 5.92 Å². The minimum absolute atomic E-state index is 0.0174. The maximum absolute atomic E-state index is 11.4. The smallest absolute Gasteiger partial charge is 0.328 e. The van der Waals surface area contributed by atoms with Gasteiger partial charge < -0.3 is 10.4 Å². The number of carboxylic acid groups (broad SMARTS) is 1. The van der Waals surface area contributed by atoms with Crippen LogP contribution in [0.1, 0.15) is 32.6 Å². The van der Waals surface area contributed by atoms with Gasteiger partial charge in [-0.2, -0.15) is 0 Å². The van der Waals surface area contributed by atoms with Crippen LogP contribution in [-0.2, 0) is 9.59 Å². The van der Waals surface area contributed by atoms with Gasteiger partial charge in [0.05, 0.1) is 0 Å². The molecule has 0 heterocycles. The number of amides is 3. The molecule has 6 heteroatoms. The summed E-state index contributed by atoms with van der Waals surface area (Å²) < 4.78 is 0. The van der Waals surface area contributed by atoms with Gasteiger partial charge in [0.25, 0.3) is 5.91 Å². The van der Waals surface area contributed by atoms with E-state index in [-0.39, 0.29) is 6.04 Å². The van der Waals surface area contributed by atoms with E-state index in [1.165, 1.54) is 12.8 Å². The molecule has 3 N–H and O–H groups in total. The Bertz CT molecular complexity index is 359. The van der Waals surface area contributed by atoms with Gasteiger partial charge in [-0.1, -0.05) is 12.8 Å². The second-order valence-electron chi connectivity index (χ2n) is 4.47. The van der Waals surface area contributed by atoms with Crippen molar-refractivity contribution >= 4 is 17.9 Å². The maximum Gasteiger partial charge on any atom is 0.328 e. The maximum atomic E-state index is 11.4. The summed E-state index contributed by atoms with van der Waals surface area (Å²) in [6.45, 7) is 1.91. The van der Waals surface area contributed by atoms with Gasteiger partial charge in [0.15, 0.2) is 0 Å². The molecule has 18 heavy (non-hydrogen) atoms. The number of carbonyl (C=O) groups is 3. The third-order valence-electron chi connectivity index (χ3n) is 3.08. The Morgan fingerprint density at radius 1 is 1.22 bits per heavy atom. The zero-order valence-electron chi connectivity index (χ0n) is 10.3. The minimum atomic E-state index is -1.23. The van der Waals surface area contributed by atoms with Gasteiger partial charge in [-0.15, -0.1) is 0 Å². The molecule has 0 radical (unpaired) electrons. The quantitative estimate of drug-likeness (QED) is 0.653. The molecule has 100 valence electrons. The zero-order valence-corrected chi connectivity index (χ0v) is 10.3. The number of rotatable bonds is 4. The first-order valence-electron chi connectivity index (χ1n) is 6.01. The lowest BCUT2D eigenvalue weighted by atomic mass is 10.0. The number of carboxylic acids is 1. The number of carbonyl (C=O) groups excluding carboxylic acids is 2. The fourth-order valence-corrected chi connectivity index (χ4v) is 2.12. The Hall–Kier alpha value is -1.85. The molecule has 1 aliphatic carbocycles. The third-order valence-corrected chi connectivity index (χ3v) is 3.08. The molecule has 1 unspecified atom stereocenters. The van der Waals surface area contributed by atoms with Crippen LogP contribution in [0.4, 0.5) is 4.79 Å². The third kappa shape index (κ3) is 4.99. The van der Waals surface area contributed by atoms with Gasteiger partial charge in [0, 0.05) is 18.2 Å². The normalized spacial score (nSPS) is 17.6. The van der Waals surface area contributed by atoms with Crippen molar-refractivity contribution in [3.63, 3.8) is 0 Å². The summed E-state index contributed by atoms with van der Waals surface area (Å²) in [7, 11) is 0. The van der Waals surface area contributed by atoms with E-state index in [4.69, 9.17) is 5.11 Å². The molecule has 0 aromatic carbocycles. The van der Waals surface area contributed by atoms with E-state index >= 15 is 0 Å². The molecule has 3 amide bonds. The van der Waals surface area contributed by atoms with E-state index in [2.05, 4.69) is 10.6 Å². The van der Waals surface area contributed by atoms with Crippen LogP contribution in [0.25, 0.3) is 0 Å². The monoisotopic (exact) mass is 254 g/mol. The van der Waals surface area contributed by atoms with Crippen molar-refractivity contribution in [3.05, 3.63) is 12.2 Å². The minimum Gasteiger partial charge on any atom is -0.478 e. The Balaban J connectivity index is 2.32. The molecule has 6 nitrogen and oxygen atoms in total. The largest absolute Gasteiger partial charge is 0.478 e. The molecule has 0 spiro atoms. The molecule has 1 rings (SSSR count). The predicted molar refractivity (Wildman–Crippen MR) is 64.9 cm³/mol. The van der Waals surface area contributed by atoms with E-state index in [0.717, 1.165) is 18.9 Å². The average molecular weight is 254 g/mol. The molecule has 1 aliphatic rings. The Labute approximate surface area is 105 Å². The lowest BCUT2D eigenvalue weighted by Gasteiger charge is -2.19. The van der Waals surface area contributed by atoms with Crippen molar-refractivity contribution in [1.82, 2.24) is 10.6 Å². The second-order valence-corrected chi connectivity index (χ2v) is 4.47. The molecule has 1 fully saturated rings. The molecule has 0 aromatic rings. The Kier molecular flexibility index (Phi) is 5.35. The van der Waals surface area contributed by atoms with Crippen LogP contribution >= 0.6 is 0 Å². The number of hydrogen-bond donors (Lipinski definition) is 3. The molecule has 0 aromatic heterocycles. The van der Waals surface area contributed by atoms with Gasteiger partial charge >= 0.3 is 12.0 Å². The predicted octanol–water partition coefficient (Wildman–Crippen LogP) is 1.03. The summed E-state index contributed by atoms with van der Waals surface area (Å²) in [5.41, 5.74) is 0. The highest BCUT2D eigenvalue weighted by atomic mass is 16.4. The van der Waals surface area contributed by atoms with Crippen molar-refractivity contribution in [1.29, 1.82) is 0 Å². The van der Waals surface area contributed by atoms with Gasteiger partial charge in [0.2, 0.25) is 0 Å². The SMILES string of the molecule is CC(NC(=O)NC(=O)C=CC(=O)O)C1CCCC1. The standard InChI is InChI=1S/C12H18N2O4/c1-8(9-4-2-3-5-9)13-12(18)14-10(15)6-7-11(16)17/h6-9H,2-5H2,1H3,(H,16,17)(H2,13,14,15,18). The fraction of sp³-hybridized carbons (Fsp3) is 0.583. The van der Waals surface area contributed by atoms with Crippen molar-refractivity contribution in [2.75, 3.05) is 0 Å². The molecular weight excluding hydrogens is 236 g/mol. The van der Waals surface area contributed by atoms with E-state index in [1.807, 2.05) is 6.92 Å². The molecule has 1 saturated carbocycles. The molecule has 0 bridgehead atoms. The Morgan fingerprint density at radius 2 is 1.83 bits per heavy atom. The van der Waals surface area contributed by atoms with E-state index in [0.29, 0.717) is 12.0 Å². The first kappa shape index (κ1) is 14.2. The van der Waals surface area contributed by atoms with E-state index < -0.39 is 17.9 Å². The summed E-state index contributed by atoms with van der Waals surface area (Å²) >= 11 is 0. The zero-order chi connectivity index (χ0) is 13.5. The highest BCUT2D eigenvalue weighted by molar-refractivity contribution is 6.02. The average Bonchev–Trinajstić information content (AvgIpc) is 2.79. The summed E-state index contributed by atoms with van der Waals surface area (Å²) in [6, 6.07) is -0.571. The van der Waals surface area contributed by atoms with Crippen LogP contribution in [0, 0.1) is 5.92 Å². The van der Waals surface area contributed by atoms with Crippen LogP contribution < -0.4 is 10.6 Å². The number of imide groups is 1. The van der Waals surface area contributed by atoms with Crippen LogP contribution in [0.3, 0.4) is 0 Å². The van der Waals surface area contributed by atoms with E-state index in [1.54, 1.807) is 0 Å². The van der Waals surface area contributed by atoms with Crippen LogP contribution in [0.15, 0.2) is 12.2 Å². The summed E-state index contributed by atoms with van der Waals surface area (Å²) in [5, 5.41) is 13.1.